The van der Waals surface area contributed by atoms with Crippen LogP contribution in [0.4, 0.5) is 11.4 Å². The first kappa shape index (κ1) is 22.7. The quantitative estimate of drug-likeness (QED) is 0.488. The summed E-state index contributed by atoms with van der Waals surface area (Å²) >= 11 is 0. The van der Waals surface area contributed by atoms with Gasteiger partial charge in [0.1, 0.15) is 5.75 Å². The number of carbonyl (C=O) groups is 1. The molecule has 0 radical (unpaired) electrons. The Morgan fingerprint density at radius 2 is 1.65 bits per heavy atom. The Morgan fingerprint density at radius 1 is 0.892 bits per heavy atom. The third kappa shape index (κ3) is 3.87. The van der Waals surface area contributed by atoms with Crippen LogP contribution in [0.1, 0.15) is 52.7 Å². The van der Waals surface area contributed by atoms with Crippen LogP contribution < -0.4 is 15.0 Å². The number of hydrogen-bond acceptors (Lipinski definition) is 4. The van der Waals surface area contributed by atoms with Gasteiger partial charge in [0.25, 0.3) is 5.91 Å². The molecule has 4 aliphatic rings. The molecular formula is C32H35N3O2. The van der Waals surface area contributed by atoms with Crippen molar-refractivity contribution in [3.05, 3.63) is 89.5 Å². The van der Waals surface area contributed by atoms with Gasteiger partial charge in [0.05, 0.1) is 13.2 Å². The average molecular weight is 494 g/mol. The number of carbonyl (C=O) groups excluding carboxylic acids is 1. The molecule has 1 N–H and O–H groups in total. The summed E-state index contributed by atoms with van der Waals surface area (Å²) < 4.78 is 5.29. The average Bonchev–Trinajstić information content (AvgIpc) is 3.60. The SMILES string of the molecule is COc1ccc(N2CCN(C(=O)c3ccc4c(c3)[C@@H]3[C@H]5CC[C@@H](C5)[C@@H]3[C@@H](c3ccccc3)N4)CC2)cc1. The predicted molar refractivity (Wildman–Crippen MR) is 147 cm³/mol. The zero-order valence-electron chi connectivity index (χ0n) is 21.5. The molecule has 3 fully saturated rings. The number of nitrogens with zero attached hydrogens (tertiary/aromatic N) is 2. The smallest absolute Gasteiger partial charge is 0.253 e. The lowest BCUT2D eigenvalue weighted by molar-refractivity contribution is 0.0746. The summed E-state index contributed by atoms with van der Waals surface area (Å²) in [6.45, 7) is 3.18. The molecule has 5 atom stereocenters. The molecule has 0 spiro atoms. The summed E-state index contributed by atoms with van der Waals surface area (Å²) in [4.78, 5) is 18.0. The fourth-order valence-corrected chi connectivity index (χ4v) is 7.75. The normalized spacial score (nSPS) is 27.9. The molecule has 5 nitrogen and oxygen atoms in total. The molecule has 3 aromatic rings. The molecule has 37 heavy (non-hydrogen) atoms. The Labute approximate surface area is 219 Å². The summed E-state index contributed by atoms with van der Waals surface area (Å²) in [5.74, 6) is 3.74. The lowest BCUT2D eigenvalue weighted by Gasteiger charge is -2.44. The fraction of sp³-hybridized carbons (Fsp3) is 0.406. The number of ether oxygens (including phenoxy) is 1. The molecule has 7 rings (SSSR count). The molecule has 0 aromatic heterocycles. The maximum atomic E-state index is 13.6. The van der Waals surface area contributed by atoms with E-state index in [1.807, 2.05) is 23.1 Å². The van der Waals surface area contributed by atoms with Gasteiger partial charge in [-0.25, -0.2) is 0 Å². The molecule has 1 amide bonds. The first-order valence-electron chi connectivity index (χ1n) is 13.8. The van der Waals surface area contributed by atoms with Gasteiger partial charge in [-0.2, -0.15) is 0 Å². The van der Waals surface area contributed by atoms with Crippen molar-refractivity contribution >= 4 is 17.3 Å². The van der Waals surface area contributed by atoms with E-state index in [1.165, 1.54) is 41.8 Å². The van der Waals surface area contributed by atoms with Crippen molar-refractivity contribution in [3.8, 4) is 5.75 Å². The number of methoxy groups -OCH3 is 1. The topological polar surface area (TPSA) is 44.8 Å². The van der Waals surface area contributed by atoms with Crippen LogP contribution in [0, 0.1) is 17.8 Å². The van der Waals surface area contributed by atoms with E-state index in [0.717, 1.165) is 49.3 Å². The maximum absolute atomic E-state index is 13.6. The Bertz CT molecular complexity index is 1280. The predicted octanol–water partition coefficient (Wildman–Crippen LogP) is 5.95. The second-order valence-electron chi connectivity index (χ2n) is 11.2. The molecule has 2 saturated carbocycles. The van der Waals surface area contributed by atoms with E-state index in [4.69, 9.17) is 4.74 Å². The number of hydrogen-bond donors (Lipinski definition) is 1. The van der Waals surface area contributed by atoms with E-state index in [1.54, 1.807) is 7.11 Å². The maximum Gasteiger partial charge on any atom is 0.253 e. The number of nitrogens with one attached hydrogen (secondary N) is 1. The number of piperazine rings is 1. The standard InChI is InChI=1S/C32H35N3O2/c1-37-26-12-10-25(11-13-26)34-15-17-35(18-16-34)32(36)24-9-14-28-27(20-24)29-22-7-8-23(19-22)30(29)31(33-28)21-5-3-2-4-6-21/h2-6,9-14,20,22-23,29-31,33H,7-8,15-19H2,1H3/t22-,23-,29-,30-,31+/m0/s1. The summed E-state index contributed by atoms with van der Waals surface area (Å²) in [7, 11) is 1.69. The van der Waals surface area contributed by atoms with E-state index in [2.05, 4.69) is 64.8 Å². The second-order valence-corrected chi connectivity index (χ2v) is 11.2. The molecule has 1 saturated heterocycles. The van der Waals surface area contributed by atoms with Gasteiger partial charge in [0.15, 0.2) is 0 Å². The van der Waals surface area contributed by atoms with Crippen molar-refractivity contribution in [2.45, 2.75) is 31.2 Å². The van der Waals surface area contributed by atoms with E-state index in [0.29, 0.717) is 17.9 Å². The van der Waals surface area contributed by atoms with Crippen LogP contribution in [-0.4, -0.2) is 44.1 Å². The number of fused-ring (bicyclic) bond motifs is 7. The van der Waals surface area contributed by atoms with Crippen molar-refractivity contribution in [1.29, 1.82) is 0 Å². The largest absolute Gasteiger partial charge is 0.497 e. The van der Waals surface area contributed by atoms with E-state index in [9.17, 15) is 4.79 Å². The van der Waals surface area contributed by atoms with E-state index in [-0.39, 0.29) is 5.91 Å². The number of benzene rings is 3. The Morgan fingerprint density at radius 3 is 2.41 bits per heavy atom. The van der Waals surface area contributed by atoms with Crippen LogP contribution in [0.2, 0.25) is 0 Å². The Balaban J connectivity index is 1.11. The van der Waals surface area contributed by atoms with Crippen molar-refractivity contribution < 1.29 is 9.53 Å². The highest BCUT2D eigenvalue weighted by molar-refractivity contribution is 5.95. The van der Waals surface area contributed by atoms with Gasteiger partial charge in [-0.15, -0.1) is 0 Å². The van der Waals surface area contributed by atoms with Crippen LogP contribution in [0.25, 0.3) is 0 Å². The number of rotatable bonds is 4. The molecule has 3 aromatic carbocycles. The van der Waals surface area contributed by atoms with Gasteiger partial charge in [-0.05, 0) is 96.5 Å². The number of anilines is 2. The lowest BCUT2D eigenvalue weighted by Crippen LogP contribution is -2.48. The van der Waals surface area contributed by atoms with Crippen LogP contribution in [-0.2, 0) is 0 Å². The zero-order chi connectivity index (χ0) is 24.9. The molecule has 2 bridgehead atoms. The summed E-state index contributed by atoms with van der Waals surface area (Å²) in [6.07, 6.45) is 4.02. The summed E-state index contributed by atoms with van der Waals surface area (Å²) in [5.41, 5.74) is 6.03. The molecule has 0 unspecified atom stereocenters. The van der Waals surface area contributed by atoms with Crippen molar-refractivity contribution in [2.24, 2.45) is 17.8 Å². The highest BCUT2D eigenvalue weighted by Gasteiger charge is 2.53. The van der Waals surface area contributed by atoms with Crippen LogP contribution in [0.5, 0.6) is 5.75 Å². The monoisotopic (exact) mass is 493 g/mol. The van der Waals surface area contributed by atoms with Crippen LogP contribution in [0.15, 0.2) is 72.8 Å². The molecular weight excluding hydrogens is 458 g/mol. The molecule has 190 valence electrons. The first-order chi connectivity index (χ1) is 18.2. The van der Waals surface area contributed by atoms with E-state index < -0.39 is 0 Å². The van der Waals surface area contributed by atoms with Crippen molar-refractivity contribution in [2.75, 3.05) is 43.5 Å². The van der Waals surface area contributed by atoms with E-state index >= 15 is 0 Å². The molecule has 2 heterocycles. The molecule has 2 aliphatic heterocycles. The summed E-state index contributed by atoms with van der Waals surface area (Å²) in [6, 6.07) is 26.0. The molecule has 5 heteroatoms. The highest BCUT2D eigenvalue weighted by atomic mass is 16.5. The fourth-order valence-electron chi connectivity index (χ4n) is 7.75. The minimum absolute atomic E-state index is 0.169. The van der Waals surface area contributed by atoms with Gasteiger partial charge in [-0.1, -0.05) is 30.3 Å². The minimum Gasteiger partial charge on any atom is -0.497 e. The highest BCUT2D eigenvalue weighted by Crippen LogP contribution is 2.63. The third-order valence-corrected chi connectivity index (χ3v) is 9.50. The second kappa shape index (κ2) is 9.13. The van der Waals surface area contributed by atoms with Crippen LogP contribution in [0.3, 0.4) is 0 Å². The van der Waals surface area contributed by atoms with Crippen LogP contribution >= 0.6 is 0 Å². The van der Waals surface area contributed by atoms with Gasteiger partial charge < -0.3 is 19.9 Å². The zero-order valence-corrected chi connectivity index (χ0v) is 21.5. The lowest BCUT2D eigenvalue weighted by atomic mass is 9.68. The number of amides is 1. The van der Waals surface area contributed by atoms with Gasteiger partial charge >= 0.3 is 0 Å². The van der Waals surface area contributed by atoms with Gasteiger partial charge in [0.2, 0.25) is 0 Å². The Kier molecular flexibility index (Phi) is 5.60. The first-order valence-corrected chi connectivity index (χ1v) is 13.8. The summed E-state index contributed by atoms with van der Waals surface area (Å²) in [5, 5.41) is 3.91. The van der Waals surface area contributed by atoms with Crippen molar-refractivity contribution in [1.82, 2.24) is 4.90 Å². The Hall–Kier alpha value is -3.47. The molecule has 2 aliphatic carbocycles. The van der Waals surface area contributed by atoms with Gasteiger partial charge in [0, 0.05) is 43.1 Å². The minimum atomic E-state index is 0.169. The van der Waals surface area contributed by atoms with Crippen molar-refractivity contribution in [3.63, 3.8) is 0 Å². The van der Waals surface area contributed by atoms with Gasteiger partial charge in [-0.3, -0.25) is 4.79 Å². The third-order valence-electron chi connectivity index (χ3n) is 9.50.